The van der Waals surface area contributed by atoms with E-state index >= 15 is 0 Å². The largest absolute Gasteiger partial charge is 0.379 e. The van der Waals surface area contributed by atoms with Crippen molar-refractivity contribution in [3.05, 3.63) is 0 Å². The van der Waals surface area contributed by atoms with Crippen molar-refractivity contribution >= 4 is 5.96 Å². The van der Waals surface area contributed by atoms with Crippen LogP contribution in [0.1, 0.15) is 27.2 Å². The molecular weight excluding hydrogens is 190 g/mol. The van der Waals surface area contributed by atoms with Crippen LogP contribution in [0.25, 0.3) is 0 Å². The molecule has 0 radical (unpaired) electrons. The second-order valence-corrected chi connectivity index (χ2v) is 3.89. The summed E-state index contributed by atoms with van der Waals surface area (Å²) in [6.45, 7) is 9.73. The number of rotatable bonds is 7. The van der Waals surface area contributed by atoms with Gasteiger partial charge >= 0.3 is 0 Å². The summed E-state index contributed by atoms with van der Waals surface area (Å²) in [6.07, 6.45) is 1.10. The summed E-state index contributed by atoms with van der Waals surface area (Å²) in [6, 6.07) is 0. The first-order valence-electron chi connectivity index (χ1n) is 5.73. The molecule has 4 nitrogen and oxygen atoms in total. The third-order valence-corrected chi connectivity index (χ3v) is 1.76. The zero-order chi connectivity index (χ0) is 11.5. The van der Waals surface area contributed by atoms with Crippen LogP contribution in [0, 0.1) is 5.92 Å². The fourth-order valence-electron chi connectivity index (χ4n) is 1.02. The van der Waals surface area contributed by atoms with E-state index in [9.17, 15) is 0 Å². The van der Waals surface area contributed by atoms with Crippen LogP contribution in [0.4, 0.5) is 0 Å². The molecular formula is C11H25N3O. The molecule has 0 bridgehead atoms. The molecule has 4 heteroatoms. The highest BCUT2D eigenvalue weighted by Gasteiger charge is 1.96. The topological polar surface area (TPSA) is 45.7 Å². The van der Waals surface area contributed by atoms with Gasteiger partial charge in [-0.3, -0.25) is 4.99 Å². The second-order valence-electron chi connectivity index (χ2n) is 3.89. The number of nitrogens with one attached hydrogen (secondary N) is 2. The Morgan fingerprint density at radius 3 is 2.47 bits per heavy atom. The first-order chi connectivity index (χ1) is 7.20. The Bertz CT molecular complexity index is 169. The van der Waals surface area contributed by atoms with Gasteiger partial charge in [0.25, 0.3) is 0 Å². The highest BCUT2D eigenvalue weighted by atomic mass is 16.5. The molecule has 0 saturated carbocycles. The first kappa shape index (κ1) is 14.2. The van der Waals surface area contributed by atoms with E-state index in [1.165, 1.54) is 0 Å². The molecule has 0 unspecified atom stereocenters. The van der Waals surface area contributed by atoms with E-state index in [1.54, 1.807) is 7.05 Å². The second kappa shape index (κ2) is 9.77. The fraction of sp³-hybridized carbons (Fsp3) is 0.909. The maximum Gasteiger partial charge on any atom is 0.191 e. The van der Waals surface area contributed by atoms with Gasteiger partial charge in [-0.15, -0.1) is 0 Å². The highest BCUT2D eigenvalue weighted by Crippen LogP contribution is 1.90. The summed E-state index contributed by atoms with van der Waals surface area (Å²) in [5, 5.41) is 6.39. The van der Waals surface area contributed by atoms with Crippen LogP contribution in [-0.2, 0) is 4.74 Å². The van der Waals surface area contributed by atoms with Gasteiger partial charge in [0.1, 0.15) is 0 Å². The number of hydrogen-bond donors (Lipinski definition) is 2. The van der Waals surface area contributed by atoms with Crippen LogP contribution < -0.4 is 10.6 Å². The molecule has 0 spiro atoms. The zero-order valence-electron chi connectivity index (χ0n) is 10.5. The molecule has 15 heavy (non-hydrogen) atoms. The van der Waals surface area contributed by atoms with Crippen LogP contribution in [0.15, 0.2) is 4.99 Å². The summed E-state index contributed by atoms with van der Waals surface area (Å²) in [7, 11) is 1.78. The van der Waals surface area contributed by atoms with Crippen molar-refractivity contribution in [2.24, 2.45) is 10.9 Å². The minimum absolute atomic E-state index is 0.600. The van der Waals surface area contributed by atoms with Crippen molar-refractivity contribution < 1.29 is 4.74 Å². The number of hydrogen-bond acceptors (Lipinski definition) is 2. The Labute approximate surface area is 93.5 Å². The molecule has 0 aromatic heterocycles. The Balaban J connectivity index is 3.39. The number of ether oxygens (including phenoxy) is 1. The van der Waals surface area contributed by atoms with Crippen molar-refractivity contribution in [2.45, 2.75) is 27.2 Å². The third-order valence-electron chi connectivity index (χ3n) is 1.76. The highest BCUT2D eigenvalue weighted by molar-refractivity contribution is 5.79. The van der Waals surface area contributed by atoms with Gasteiger partial charge in [-0.1, -0.05) is 20.8 Å². The molecule has 0 fully saturated rings. The van der Waals surface area contributed by atoms with Crippen LogP contribution in [0.3, 0.4) is 0 Å². The molecule has 0 aliphatic carbocycles. The van der Waals surface area contributed by atoms with Crippen molar-refractivity contribution in [2.75, 3.05) is 33.4 Å². The summed E-state index contributed by atoms with van der Waals surface area (Å²) in [5.74, 6) is 1.45. The predicted octanol–water partition coefficient (Wildman–Crippen LogP) is 1.23. The smallest absolute Gasteiger partial charge is 0.191 e. The minimum atomic E-state index is 0.600. The number of guanidine groups is 1. The van der Waals surface area contributed by atoms with Gasteiger partial charge in [-0.2, -0.15) is 0 Å². The predicted molar refractivity (Wildman–Crippen MR) is 65.3 cm³/mol. The zero-order valence-corrected chi connectivity index (χ0v) is 10.5. The Hall–Kier alpha value is -0.770. The van der Waals surface area contributed by atoms with Gasteiger partial charge in [-0.25, -0.2) is 0 Å². The van der Waals surface area contributed by atoms with Gasteiger partial charge < -0.3 is 15.4 Å². The maximum absolute atomic E-state index is 5.45. The standard InChI is InChI=1S/C11H25N3O/c1-5-6-13-11(12-4)14-7-8-15-9-10(2)3/h10H,5-9H2,1-4H3,(H2,12,13,14). The van der Waals surface area contributed by atoms with Crippen molar-refractivity contribution in [3.8, 4) is 0 Å². The van der Waals surface area contributed by atoms with Gasteiger partial charge in [0.2, 0.25) is 0 Å². The molecule has 0 saturated heterocycles. The van der Waals surface area contributed by atoms with Crippen molar-refractivity contribution in [3.63, 3.8) is 0 Å². The molecule has 0 amide bonds. The third kappa shape index (κ3) is 9.53. The Morgan fingerprint density at radius 1 is 1.27 bits per heavy atom. The van der Waals surface area contributed by atoms with Crippen molar-refractivity contribution in [1.82, 2.24) is 10.6 Å². The molecule has 2 N–H and O–H groups in total. The van der Waals surface area contributed by atoms with E-state index in [-0.39, 0.29) is 0 Å². The lowest BCUT2D eigenvalue weighted by Crippen LogP contribution is -2.39. The first-order valence-corrected chi connectivity index (χ1v) is 5.73. The van der Waals surface area contributed by atoms with Gasteiger partial charge in [0, 0.05) is 26.7 Å². The number of nitrogens with zero attached hydrogens (tertiary/aromatic N) is 1. The molecule has 0 rings (SSSR count). The SMILES string of the molecule is CCCNC(=NC)NCCOCC(C)C. The van der Waals surface area contributed by atoms with Gasteiger partial charge in [-0.05, 0) is 12.3 Å². The number of aliphatic imine (C=N–C) groups is 1. The molecule has 0 aliphatic rings. The van der Waals surface area contributed by atoms with Gasteiger partial charge in [0.05, 0.1) is 6.61 Å². The average molecular weight is 215 g/mol. The molecule has 0 atom stereocenters. The normalized spacial score (nSPS) is 11.9. The van der Waals surface area contributed by atoms with Crippen LogP contribution in [0.5, 0.6) is 0 Å². The summed E-state index contributed by atoms with van der Waals surface area (Å²) >= 11 is 0. The summed E-state index contributed by atoms with van der Waals surface area (Å²) in [5.41, 5.74) is 0. The van der Waals surface area contributed by atoms with Crippen LogP contribution >= 0.6 is 0 Å². The van der Waals surface area contributed by atoms with E-state index in [0.29, 0.717) is 5.92 Å². The van der Waals surface area contributed by atoms with E-state index < -0.39 is 0 Å². The monoisotopic (exact) mass is 215 g/mol. The van der Waals surface area contributed by atoms with E-state index in [0.717, 1.165) is 38.7 Å². The lowest BCUT2D eigenvalue weighted by molar-refractivity contribution is 0.114. The fourth-order valence-corrected chi connectivity index (χ4v) is 1.02. The van der Waals surface area contributed by atoms with Crippen molar-refractivity contribution in [1.29, 1.82) is 0 Å². The Morgan fingerprint density at radius 2 is 1.93 bits per heavy atom. The summed E-state index contributed by atoms with van der Waals surface area (Å²) < 4.78 is 5.45. The molecule has 0 aromatic rings. The molecule has 90 valence electrons. The minimum Gasteiger partial charge on any atom is -0.379 e. The van der Waals surface area contributed by atoms with Gasteiger partial charge in [0.15, 0.2) is 5.96 Å². The molecule has 0 aliphatic heterocycles. The maximum atomic E-state index is 5.45. The molecule has 0 heterocycles. The lowest BCUT2D eigenvalue weighted by atomic mass is 10.2. The summed E-state index contributed by atoms with van der Waals surface area (Å²) in [4.78, 5) is 4.10. The van der Waals surface area contributed by atoms with E-state index in [2.05, 4.69) is 36.4 Å². The Kier molecular flexibility index (Phi) is 9.27. The van der Waals surface area contributed by atoms with E-state index in [1.807, 2.05) is 0 Å². The quantitative estimate of drug-likeness (QED) is 0.381. The van der Waals surface area contributed by atoms with E-state index in [4.69, 9.17) is 4.74 Å². The van der Waals surface area contributed by atoms with Crippen LogP contribution in [-0.4, -0.2) is 39.3 Å². The van der Waals surface area contributed by atoms with Crippen LogP contribution in [0.2, 0.25) is 0 Å². The molecule has 0 aromatic carbocycles. The average Bonchev–Trinajstić information content (AvgIpc) is 2.21. The lowest BCUT2D eigenvalue weighted by Gasteiger charge is -2.11.